The maximum absolute atomic E-state index is 4.33. The Morgan fingerprint density at radius 1 is 1.43 bits per heavy atom. The molecule has 1 atom stereocenters. The minimum absolute atomic E-state index is 0.453. The Kier molecular flexibility index (Phi) is 4.66. The van der Waals surface area contributed by atoms with Crippen LogP contribution in [-0.4, -0.2) is 16.8 Å². The van der Waals surface area contributed by atoms with E-state index in [4.69, 9.17) is 0 Å². The van der Waals surface area contributed by atoms with Gasteiger partial charge in [0.15, 0.2) is 0 Å². The average molecular weight is 195 g/mol. The largest absolute Gasteiger partial charge is 0.312 e. The molecule has 0 aliphatic carbocycles. The summed E-state index contributed by atoms with van der Waals surface area (Å²) in [6.45, 7) is 5.41. The van der Waals surface area contributed by atoms with Crippen molar-refractivity contribution in [2.75, 3.05) is 7.05 Å². The molecule has 14 heavy (non-hydrogen) atoms. The molecule has 0 saturated carbocycles. The van der Waals surface area contributed by atoms with Gasteiger partial charge < -0.3 is 5.32 Å². The molecule has 0 spiro atoms. The van der Waals surface area contributed by atoms with Gasteiger partial charge in [-0.05, 0) is 26.0 Å². The van der Waals surface area contributed by atoms with Crippen LogP contribution in [0.1, 0.15) is 44.8 Å². The van der Waals surface area contributed by atoms with Crippen molar-refractivity contribution >= 4 is 0 Å². The minimum Gasteiger partial charge on any atom is -0.312 e. The van der Waals surface area contributed by atoms with Crippen molar-refractivity contribution in [1.82, 2.24) is 15.1 Å². The molecular weight excluding hydrogens is 174 g/mol. The van der Waals surface area contributed by atoms with Gasteiger partial charge in [0.25, 0.3) is 0 Å². The highest BCUT2D eigenvalue weighted by atomic mass is 15.3. The van der Waals surface area contributed by atoms with Crippen LogP contribution in [0.25, 0.3) is 0 Å². The van der Waals surface area contributed by atoms with Crippen molar-refractivity contribution in [2.24, 2.45) is 0 Å². The molecule has 0 saturated heterocycles. The third-order valence-electron chi connectivity index (χ3n) is 2.47. The minimum atomic E-state index is 0.453. The van der Waals surface area contributed by atoms with Gasteiger partial charge in [0.2, 0.25) is 0 Å². The Morgan fingerprint density at radius 3 is 2.79 bits per heavy atom. The van der Waals surface area contributed by atoms with Gasteiger partial charge in [0, 0.05) is 18.8 Å². The fourth-order valence-electron chi connectivity index (χ4n) is 1.77. The zero-order chi connectivity index (χ0) is 10.4. The predicted octanol–water partition coefficient (Wildman–Crippen LogP) is 2.35. The Hall–Kier alpha value is -0.830. The van der Waals surface area contributed by atoms with Crippen LogP contribution in [0.2, 0.25) is 0 Å². The molecule has 0 radical (unpaired) electrons. The van der Waals surface area contributed by atoms with Crippen LogP contribution in [0.15, 0.2) is 12.3 Å². The van der Waals surface area contributed by atoms with E-state index in [1.165, 1.54) is 18.5 Å². The van der Waals surface area contributed by atoms with Crippen LogP contribution in [0.5, 0.6) is 0 Å². The van der Waals surface area contributed by atoms with Crippen LogP contribution in [0, 0.1) is 0 Å². The zero-order valence-corrected chi connectivity index (χ0v) is 9.45. The molecule has 1 rings (SSSR count). The summed E-state index contributed by atoms with van der Waals surface area (Å²) in [5.74, 6) is 0. The van der Waals surface area contributed by atoms with E-state index in [1.807, 2.05) is 13.2 Å². The number of rotatable bonds is 6. The molecule has 1 N–H and O–H groups in total. The summed E-state index contributed by atoms with van der Waals surface area (Å²) in [6, 6.07) is 2.57. The van der Waals surface area contributed by atoms with Crippen molar-refractivity contribution in [3.63, 3.8) is 0 Å². The topological polar surface area (TPSA) is 29.9 Å². The van der Waals surface area contributed by atoms with Crippen LogP contribution in [0.3, 0.4) is 0 Å². The maximum Gasteiger partial charge on any atom is 0.0553 e. The van der Waals surface area contributed by atoms with Crippen molar-refractivity contribution in [1.29, 1.82) is 0 Å². The second-order valence-corrected chi connectivity index (χ2v) is 3.61. The number of aromatic nitrogens is 2. The van der Waals surface area contributed by atoms with Gasteiger partial charge >= 0.3 is 0 Å². The van der Waals surface area contributed by atoms with E-state index < -0.39 is 0 Å². The molecular formula is C11H21N3. The van der Waals surface area contributed by atoms with Gasteiger partial charge in [-0.1, -0.05) is 20.3 Å². The summed E-state index contributed by atoms with van der Waals surface area (Å²) in [7, 11) is 2.02. The summed E-state index contributed by atoms with van der Waals surface area (Å²) >= 11 is 0. The molecule has 0 aliphatic heterocycles. The fourth-order valence-corrected chi connectivity index (χ4v) is 1.77. The maximum atomic E-state index is 4.33. The number of nitrogens with one attached hydrogen (secondary N) is 1. The second kappa shape index (κ2) is 5.81. The zero-order valence-electron chi connectivity index (χ0n) is 9.45. The quantitative estimate of drug-likeness (QED) is 0.755. The molecule has 3 heteroatoms. The van der Waals surface area contributed by atoms with E-state index in [-0.39, 0.29) is 0 Å². The smallest absolute Gasteiger partial charge is 0.0553 e. The highest BCUT2D eigenvalue weighted by Crippen LogP contribution is 2.17. The molecule has 0 aliphatic rings. The molecule has 0 aromatic carbocycles. The Labute approximate surface area is 86.5 Å². The molecule has 1 heterocycles. The van der Waals surface area contributed by atoms with Gasteiger partial charge in [0.1, 0.15) is 0 Å². The van der Waals surface area contributed by atoms with E-state index in [0.29, 0.717) is 6.04 Å². The summed E-state index contributed by atoms with van der Waals surface area (Å²) in [4.78, 5) is 0. The highest BCUT2D eigenvalue weighted by molar-refractivity contribution is 5.06. The molecule has 0 fully saturated rings. The number of hydrogen-bond donors (Lipinski definition) is 1. The Morgan fingerprint density at radius 2 is 2.21 bits per heavy atom. The molecule has 1 aromatic rings. The fraction of sp³-hybridized carbons (Fsp3) is 0.727. The van der Waals surface area contributed by atoms with Crippen molar-refractivity contribution in [3.8, 4) is 0 Å². The first-order chi connectivity index (χ1) is 6.83. The monoisotopic (exact) mass is 195 g/mol. The molecule has 0 amide bonds. The summed E-state index contributed by atoms with van der Waals surface area (Å²) in [5.41, 5.74) is 1.32. The lowest BCUT2D eigenvalue weighted by Crippen LogP contribution is -2.20. The van der Waals surface area contributed by atoms with Crippen LogP contribution in [-0.2, 0) is 6.54 Å². The molecule has 80 valence electrons. The molecule has 0 bridgehead atoms. The normalized spacial score (nSPS) is 13.1. The summed E-state index contributed by atoms with van der Waals surface area (Å²) in [6.07, 6.45) is 5.40. The number of nitrogens with zero attached hydrogens (tertiary/aromatic N) is 2. The highest BCUT2D eigenvalue weighted by Gasteiger charge is 2.12. The van der Waals surface area contributed by atoms with Gasteiger partial charge in [-0.2, -0.15) is 5.10 Å². The van der Waals surface area contributed by atoms with Gasteiger partial charge in [-0.25, -0.2) is 0 Å². The van der Waals surface area contributed by atoms with Gasteiger partial charge in [-0.15, -0.1) is 0 Å². The van der Waals surface area contributed by atoms with E-state index in [0.717, 1.165) is 13.0 Å². The Bertz CT molecular complexity index is 255. The predicted molar refractivity (Wildman–Crippen MR) is 59.2 cm³/mol. The van der Waals surface area contributed by atoms with E-state index in [9.17, 15) is 0 Å². The first-order valence-electron chi connectivity index (χ1n) is 5.52. The lowest BCUT2D eigenvalue weighted by atomic mass is 10.1. The van der Waals surface area contributed by atoms with Crippen LogP contribution in [0.4, 0.5) is 0 Å². The first-order valence-corrected chi connectivity index (χ1v) is 5.52. The standard InChI is InChI=1S/C11H21N3/c1-4-6-10(12-3)11-7-8-13-14(11)9-5-2/h7-8,10,12H,4-6,9H2,1-3H3. The number of hydrogen-bond acceptors (Lipinski definition) is 2. The molecule has 3 nitrogen and oxygen atoms in total. The Balaban J connectivity index is 2.74. The van der Waals surface area contributed by atoms with E-state index in [1.54, 1.807) is 0 Å². The van der Waals surface area contributed by atoms with Crippen LogP contribution >= 0.6 is 0 Å². The lowest BCUT2D eigenvalue weighted by molar-refractivity contribution is 0.473. The summed E-state index contributed by atoms with van der Waals surface area (Å²) < 4.78 is 2.11. The van der Waals surface area contributed by atoms with Gasteiger partial charge in [0.05, 0.1) is 5.69 Å². The van der Waals surface area contributed by atoms with Gasteiger partial charge in [-0.3, -0.25) is 4.68 Å². The summed E-state index contributed by atoms with van der Waals surface area (Å²) in [5, 5.41) is 7.68. The third kappa shape index (κ3) is 2.58. The average Bonchev–Trinajstić information content (AvgIpc) is 2.63. The second-order valence-electron chi connectivity index (χ2n) is 3.61. The van der Waals surface area contributed by atoms with Crippen molar-refractivity contribution < 1.29 is 0 Å². The first kappa shape index (κ1) is 11.2. The molecule has 1 unspecified atom stereocenters. The molecule has 1 aromatic heterocycles. The van der Waals surface area contributed by atoms with E-state index in [2.05, 4.69) is 35.0 Å². The third-order valence-corrected chi connectivity index (χ3v) is 2.47. The van der Waals surface area contributed by atoms with E-state index >= 15 is 0 Å². The lowest BCUT2D eigenvalue weighted by Gasteiger charge is -2.16. The SMILES string of the molecule is CCCC(NC)c1ccnn1CCC. The number of aryl methyl sites for hydroxylation is 1. The van der Waals surface area contributed by atoms with Crippen molar-refractivity contribution in [2.45, 2.75) is 45.7 Å². The van der Waals surface area contributed by atoms with Crippen LogP contribution < -0.4 is 5.32 Å². The van der Waals surface area contributed by atoms with Crippen molar-refractivity contribution in [3.05, 3.63) is 18.0 Å².